The molecule has 1 aromatic rings. The molecule has 0 bridgehead atoms. The summed E-state index contributed by atoms with van der Waals surface area (Å²) in [6, 6.07) is 2.44. The van der Waals surface area contributed by atoms with Gasteiger partial charge in [-0.25, -0.2) is 4.39 Å². The molecule has 0 aliphatic rings. The lowest BCUT2D eigenvalue weighted by atomic mass is 10.1. The Hall–Kier alpha value is -1.09. The van der Waals surface area contributed by atoms with Crippen molar-refractivity contribution in [1.29, 1.82) is 0 Å². The zero-order valence-corrected chi connectivity index (χ0v) is 7.15. The van der Waals surface area contributed by atoms with Gasteiger partial charge in [-0.3, -0.25) is 4.79 Å². The molecule has 4 heteroatoms. The molecule has 0 amide bonds. The van der Waals surface area contributed by atoms with E-state index in [0.717, 1.165) is 6.07 Å². The Morgan fingerprint density at radius 3 is 2.67 bits per heavy atom. The number of hydrogen-bond acceptors (Lipinski definition) is 2. The first-order chi connectivity index (χ1) is 5.54. The average Bonchev–Trinajstić information content (AvgIpc) is 2.00. The van der Waals surface area contributed by atoms with Crippen molar-refractivity contribution >= 4 is 23.1 Å². The average molecular weight is 188 g/mol. The van der Waals surface area contributed by atoms with Crippen molar-refractivity contribution in [1.82, 2.24) is 0 Å². The van der Waals surface area contributed by atoms with E-state index in [-0.39, 0.29) is 22.1 Å². The van der Waals surface area contributed by atoms with Crippen LogP contribution in [0.25, 0.3) is 0 Å². The normalized spacial score (nSPS) is 9.92. The van der Waals surface area contributed by atoms with Gasteiger partial charge in [-0.15, -0.1) is 0 Å². The maximum absolute atomic E-state index is 12.7. The fraction of sp³-hybridized carbons (Fsp3) is 0.125. The van der Waals surface area contributed by atoms with Gasteiger partial charge in [0.2, 0.25) is 0 Å². The number of hydrogen-bond donors (Lipinski definition) is 1. The summed E-state index contributed by atoms with van der Waals surface area (Å²) < 4.78 is 12.7. The van der Waals surface area contributed by atoms with Gasteiger partial charge in [0.15, 0.2) is 5.78 Å². The lowest BCUT2D eigenvalue weighted by Crippen LogP contribution is -2.01. The van der Waals surface area contributed by atoms with Gasteiger partial charge in [-0.1, -0.05) is 11.6 Å². The minimum Gasteiger partial charge on any atom is -0.397 e. The summed E-state index contributed by atoms with van der Waals surface area (Å²) in [5.41, 5.74) is 5.65. The SMILES string of the molecule is CC(=O)c1ccc(F)c(Cl)c1N. The number of rotatable bonds is 1. The quantitative estimate of drug-likeness (QED) is 0.541. The minimum absolute atomic E-state index is 0.00386. The van der Waals surface area contributed by atoms with Crippen LogP contribution in [-0.4, -0.2) is 5.78 Å². The van der Waals surface area contributed by atoms with E-state index < -0.39 is 5.82 Å². The second kappa shape index (κ2) is 3.11. The van der Waals surface area contributed by atoms with Gasteiger partial charge in [0.25, 0.3) is 0 Å². The standard InChI is InChI=1S/C8H7ClFNO/c1-4(12)5-2-3-6(10)7(9)8(5)11/h2-3H,11H2,1H3. The van der Waals surface area contributed by atoms with Crippen LogP contribution < -0.4 is 5.73 Å². The third-order valence-corrected chi connectivity index (χ3v) is 1.90. The van der Waals surface area contributed by atoms with Crippen LogP contribution >= 0.6 is 11.6 Å². The lowest BCUT2D eigenvalue weighted by Gasteiger charge is -2.03. The van der Waals surface area contributed by atoms with Crippen molar-refractivity contribution < 1.29 is 9.18 Å². The van der Waals surface area contributed by atoms with Crippen molar-refractivity contribution in [2.75, 3.05) is 5.73 Å². The molecule has 0 aromatic heterocycles. The number of carbonyl (C=O) groups is 1. The van der Waals surface area contributed by atoms with E-state index in [1.807, 2.05) is 0 Å². The van der Waals surface area contributed by atoms with E-state index in [9.17, 15) is 9.18 Å². The Morgan fingerprint density at radius 1 is 1.58 bits per heavy atom. The second-order valence-electron chi connectivity index (χ2n) is 2.38. The van der Waals surface area contributed by atoms with Gasteiger partial charge in [-0.05, 0) is 19.1 Å². The number of anilines is 1. The fourth-order valence-electron chi connectivity index (χ4n) is 0.873. The number of halogens is 2. The smallest absolute Gasteiger partial charge is 0.161 e. The molecule has 0 fully saturated rings. The molecule has 0 spiro atoms. The molecule has 0 atom stereocenters. The highest BCUT2D eigenvalue weighted by molar-refractivity contribution is 6.34. The Morgan fingerprint density at radius 2 is 2.17 bits per heavy atom. The van der Waals surface area contributed by atoms with E-state index in [4.69, 9.17) is 17.3 Å². The maximum Gasteiger partial charge on any atom is 0.161 e. The van der Waals surface area contributed by atoms with Crippen LogP contribution in [0.2, 0.25) is 5.02 Å². The summed E-state index contributed by atoms with van der Waals surface area (Å²) >= 11 is 5.47. The summed E-state index contributed by atoms with van der Waals surface area (Å²) in [6.45, 7) is 1.35. The van der Waals surface area contributed by atoms with Crippen LogP contribution in [0, 0.1) is 5.82 Å². The molecule has 1 aromatic carbocycles. The first kappa shape index (κ1) is 9.00. The van der Waals surface area contributed by atoms with Crippen LogP contribution in [0.15, 0.2) is 12.1 Å². The molecule has 0 saturated heterocycles. The topological polar surface area (TPSA) is 43.1 Å². The molecule has 0 unspecified atom stereocenters. The van der Waals surface area contributed by atoms with Crippen LogP contribution in [0.3, 0.4) is 0 Å². The van der Waals surface area contributed by atoms with Crippen molar-refractivity contribution in [3.05, 3.63) is 28.5 Å². The molecule has 0 saturated carbocycles. The molecule has 2 N–H and O–H groups in total. The molecular weight excluding hydrogens is 181 g/mol. The largest absolute Gasteiger partial charge is 0.397 e. The Balaban J connectivity index is 3.36. The van der Waals surface area contributed by atoms with E-state index in [2.05, 4.69) is 0 Å². The predicted molar refractivity (Wildman–Crippen MR) is 45.8 cm³/mol. The summed E-state index contributed by atoms with van der Waals surface area (Å²) in [6.07, 6.45) is 0. The van der Waals surface area contributed by atoms with Crippen molar-refractivity contribution in [3.63, 3.8) is 0 Å². The number of ketones is 1. The van der Waals surface area contributed by atoms with Crippen molar-refractivity contribution in [2.24, 2.45) is 0 Å². The zero-order chi connectivity index (χ0) is 9.30. The number of nitrogen functional groups attached to an aromatic ring is 1. The molecule has 1 rings (SSSR count). The monoisotopic (exact) mass is 187 g/mol. The summed E-state index contributed by atoms with van der Waals surface area (Å²) in [5, 5.41) is -0.192. The van der Waals surface area contributed by atoms with Crippen LogP contribution in [0.5, 0.6) is 0 Å². The highest BCUT2D eigenvalue weighted by Crippen LogP contribution is 2.25. The molecule has 0 heterocycles. The van der Waals surface area contributed by atoms with Gasteiger partial charge < -0.3 is 5.73 Å². The fourth-order valence-corrected chi connectivity index (χ4v) is 1.04. The number of benzene rings is 1. The third kappa shape index (κ3) is 1.41. The summed E-state index contributed by atoms with van der Waals surface area (Å²) in [5.74, 6) is -0.839. The summed E-state index contributed by atoms with van der Waals surface area (Å²) in [4.78, 5) is 10.9. The van der Waals surface area contributed by atoms with Gasteiger partial charge >= 0.3 is 0 Å². The minimum atomic E-state index is -0.612. The van der Waals surface area contributed by atoms with Crippen LogP contribution in [0.4, 0.5) is 10.1 Å². The summed E-state index contributed by atoms with van der Waals surface area (Å²) in [7, 11) is 0. The third-order valence-electron chi connectivity index (χ3n) is 1.51. The van der Waals surface area contributed by atoms with Gasteiger partial charge in [0.05, 0.1) is 10.7 Å². The molecule has 12 heavy (non-hydrogen) atoms. The Bertz CT molecular complexity index is 338. The van der Waals surface area contributed by atoms with Gasteiger partial charge in [-0.2, -0.15) is 0 Å². The van der Waals surface area contributed by atoms with E-state index in [1.54, 1.807) is 0 Å². The second-order valence-corrected chi connectivity index (χ2v) is 2.76. The first-order valence-corrected chi connectivity index (χ1v) is 3.66. The lowest BCUT2D eigenvalue weighted by molar-refractivity contribution is 0.101. The van der Waals surface area contributed by atoms with Crippen molar-refractivity contribution in [2.45, 2.75) is 6.92 Å². The molecule has 0 radical (unpaired) electrons. The van der Waals surface area contributed by atoms with E-state index in [1.165, 1.54) is 13.0 Å². The highest BCUT2D eigenvalue weighted by atomic mass is 35.5. The number of Topliss-reactive ketones (excluding diaryl/α,β-unsaturated/α-hetero) is 1. The Kier molecular flexibility index (Phi) is 2.33. The van der Waals surface area contributed by atoms with Crippen LogP contribution in [-0.2, 0) is 0 Å². The van der Waals surface area contributed by atoms with Crippen molar-refractivity contribution in [3.8, 4) is 0 Å². The number of nitrogens with two attached hydrogens (primary N) is 1. The maximum atomic E-state index is 12.7. The van der Waals surface area contributed by atoms with Gasteiger partial charge in [0.1, 0.15) is 5.82 Å². The molecule has 2 nitrogen and oxygen atoms in total. The Labute approximate surface area is 74.1 Å². The van der Waals surface area contributed by atoms with E-state index in [0.29, 0.717) is 0 Å². The molecule has 0 aliphatic carbocycles. The molecule has 64 valence electrons. The van der Waals surface area contributed by atoms with Crippen LogP contribution in [0.1, 0.15) is 17.3 Å². The van der Waals surface area contributed by atoms with Gasteiger partial charge in [0, 0.05) is 5.56 Å². The molecule has 0 aliphatic heterocycles. The van der Waals surface area contributed by atoms with E-state index >= 15 is 0 Å². The molecular formula is C8H7ClFNO. The zero-order valence-electron chi connectivity index (χ0n) is 6.40. The highest BCUT2D eigenvalue weighted by Gasteiger charge is 2.10. The predicted octanol–water partition coefficient (Wildman–Crippen LogP) is 2.26. The number of carbonyl (C=O) groups excluding carboxylic acids is 1. The first-order valence-electron chi connectivity index (χ1n) is 3.28.